The molecule has 6 nitrogen and oxygen atoms in total. The van der Waals surface area contributed by atoms with Gasteiger partial charge >= 0.3 is 12.1 Å². The number of alkyl carbamates (subject to hydrolysis) is 1. The van der Waals surface area contributed by atoms with Crippen LogP contribution >= 0.6 is 0 Å². The van der Waals surface area contributed by atoms with Crippen LogP contribution in [0.5, 0.6) is 0 Å². The summed E-state index contributed by atoms with van der Waals surface area (Å²) in [5.41, 5.74) is 0.231. The van der Waals surface area contributed by atoms with Crippen LogP contribution in [0.15, 0.2) is 36.4 Å². The van der Waals surface area contributed by atoms with Gasteiger partial charge in [-0.2, -0.15) is 8.78 Å². The molecule has 2 amide bonds. The van der Waals surface area contributed by atoms with Crippen LogP contribution in [0.2, 0.25) is 0 Å². The van der Waals surface area contributed by atoms with E-state index in [-0.39, 0.29) is 5.56 Å². The molecule has 0 aliphatic carbocycles. The van der Waals surface area contributed by atoms with Crippen LogP contribution < -0.4 is 10.8 Å². The van der Waals surface area contributed by atoms with Crippen LogP contribution in [0.1, 0.15) is 21.5 Å². The summed E-state index contributed by atoms with van der Waals surface area (Å²) >= 11 is 0. The van der Waals surface area contributed by atoms with E-state index in [1.54, 1.807) is 0 Å². The van der Waals surface area contributed by atoms with E-state index in [1.165, 1.54) is 29.7 Å². The first-order chi connectivity index (χ1) is 12.7. The molecule has 144 valence electrons. The zero-order valence-corrected chi connectivity index (χ0v) is 13.2. The first-order valence-corrected chi connectivity index (χ1v) is 7.16. The average Bonchev–Trinajstić information content (AvgIpc) is 2.63. The van der Waals surface area contributed by atoms with E-state index in [4.69, 9.17) is 5.21 Å². The Kier molecular flexibility index (Phi) is 5.95. The normalized spacial score (nSPS) is 11.0. The van der Waals surface area contributed by atoms with Crippen LogP contribution in [0.4, 0.5) is 26.7 Å². The molecule has 0 unspecified atom stereocenters. The van der Waals surface area contributed by atoms with Gasteiger partial charge in [0.2, 0.25) is 0 Å². The maximum Gasteiger partial charge on any atom is 0.412 e. The fraction of sp³-hybridized carbons (Fsp3) is 0.125. The fourth-order valence-corrected chi connectivity index (χ4v) is 1.97. The summed E-state index contributed by atoms with van der Waals surface area (Å²) in [6.07, 6.45) is -1.65. The maximum absolute atomic E-state index is 13.9. The van der Waals surface area contributed by atoms with E-state index in [1.807, 2.05) is 0 Å². The van der Waals surface area contributed by atoms with Crippen molar-refractivity contribution < 1.29 is 41.5 Å². The predicted octanol–water partition coefficient (Wildman–Crippen LogP) is 3.20. The van der Waals surface area contributed by atoms with Crippen molar-refractivity contribution in [2.24, 2.45) is 0 Å². The van der Waals surface area contributed by atoms with Gasteiger partial charge in [-0.15, -0.1) is 0 Å². The molecule has 0 aromatic heterocycles. The third-order valence-corrected chi connectivity index (χ3v) is 3.32. The average molecular weight is 390 g/mol. The zero-order valence-electron chi connectivity index (χ0n) is 13.2. The molecule has 0 saturated carbocycles. The van der Waals surface area contributed by atoms with Crippen molar-refractivity contribution in [3.05, 3.63) is 70.5 Å². The Morgan fingerprint density at radius 1 is 1.00 bits per heavy atom. The smallest absolute Gasteiger partial charge is 0.412 e. The Balaban J connectivity index is 2.00. The second-order valence-corrected chi connectivity index (χ2v) is 5.14. The number of carbonyl (C=O) groups excluding carboxylic acids is 2. The fourth-order valence-electron chi connectivity index (χ4n) is 1.97. The molecule has 3 N–H and O–H groups in total. The summed E-state index contributed by atoms with van der Waals surface area (Å²) in [6.45, 7) is -0.483. The molecular weight excluding hydrogens is 379 g/mol. The lowest BCUT2D eigenvalue weighted by molar-refractivity contribution is -0.0424. The number of carbonyl (C=O) groups is 2. The molecule has 0 fully saturated rings. The Morgan fingerprint density at radius 2 is 1.63 bits per heavy atom. The molecule has 2 rings (SSSR count). The Hall–Kier alpha value is -3.21. The van der Waals surface area contributed by atoms with E-state index >= 15 is 0 Å². The van der Waals surface area contributed by atoms with Gasteiger partial charge < -0.3 is 4.74 Å². The third kappa shape index (κ3) is 4.70. The Morgan fingerprint density at radius 3 is 2.22 bits per heavy atom. The molecule has 0 aliphatic heterocycles. The van der Waals surface area contributed by atoms with Crippen LogP contribution in [-0.4, -0.2) is 17.2 Å². The second-order valence-electron chi connectivity index (χ2n) is 5.14. The number of rotatable bonds is 5. The highest BCUT2D eigenvalue weighted by molar-refractivity contribution is 5.93. The van der Waals surface area contributed by atoms with Crippen molar-refractivity contribution >= 4 is 12.0 Å². The molecule has 0 saturated heterocycles. The lowest BCUT2D eigenvalue weighted by Crippen LogP contribution is -2.40. The summed E-state index contributed by atoms with van der Waals surface area (Å²) in [5.74, 6) is -6.69. The molecule has 2 aromatic rings. The van der Waals surface area contributed by atoms with Crippen LogP contribution in [0.3, 0.4) is 0 Å². The van der Waals surface area contributed by atoms with Gasteiger partial charge in [-0.05, 0) is 29.8 Å². The van der Waals surface area contributed by atoms with Crippen molar-refractivity contribution in [3.63, 3.8) is 0 Å². The zero-order chi connectivity index (χ0) is 20.2. The van der Waals surface area contributed by atoms with E-state index in [9.17, 15) is 31.5 Å². The van der Waals surface area contributed by atoms with Gasteiger partial charge in [0.25, 0.3) is 5.91 Å². The third-order valence-electron chi connectivity index (χ3n) is 3.32. The molecule has 0 spiro atoms. The first kappa shape index (κ1) is 20.1. The monoisotopic (exact) mass is 390 g/mol. The highest BCUT2D eigenvalue weighted by atomic mass is 19.3. The lowest BCUT2D eigenvalue weighted by Gasteiger charge is -2.18. The largest absolute Gasteiger partial charge is 0.445 e. The molecule has 27 heavy (non-hydrogen) atoms. The molecule has 0 bridgehead atoms. The number of hydroxylamine groups is 1. The first-order valence-electron chi connectivity index (χ1n) is 7.16. The Bertz CT molecular complexity index is 859. The predicted molar refractivity (Wildman–Crippen MR) is 79.2 cm³/mol. The van der Waals surface area contributed by atoms with E-state index in [0.717, 1.165) is 5.32 Å². The minimum absolute atomic E-state index is 0.0889. The molecule has 2 aromatic carbocycles. The van der Waals surface area contributed by atoms with Crippen LogP contribution in [0, 0.1) is 17.5 Å². The maximum atomic E-state index is 13.9. The standard InChI is InChI=1S/C16H11F5N2O4/c17-11-6-5-10(12(18)13(11)19)16(20,21)22-15(25)27-7-8-1-3-9(4-2-8)14(24)23-26/h1-6,26H,7H2,(H,22,25)(H,23,24). The second kappa shape index (κ2) is 7.99. The topological polar surface area (TPSA) is 87.7 Å². The summed E-state index contributed by atoms with van der Waals surface area (Å²) in [6, 6.07) is 1.41. The summed E-state index contributed by atoms with van der Waals surface area (Å²) in [7, 11) is 0. The van der Waals surface area contributed by atoms with Crippen molar-refractivity contribution in [3.8, 4) is 0 Å². The minimum Gasteiger partial charge on any atom is -0.445 e. The van der Waals surface area contributed by atoms with Gasteiger partial charge in [-0.25, -0.2) is 23.4 Å². The van der Waals surface area contributed by atoms with E-state index < -0.39 is 47.7 Å². The van der Waals surface area contributed by atoms with Crippen molar-refractivity contribution in [1.29, 1.82) is 0 Å². The minimum atomic E-state index is -4.36. The van der Waals surface area contributed by atoms with Gasteiger partial charge in [-0.3, -0.25) is 15.3 Å². The van der Waals surface area contributed by atoms with Gasteiger partial charge in [-0.1, -0.05) is 12.1 Å². The number of alkyl halides is 2. The Labute approximate surface area is 148 Å². The molecule has 0 atom stereocenters. The number of benzene rings is 2. The number of amides is 2. The van der Waals surface area contributed by atoms with Crippen molar-refractivity contribution in [1.82, 2.24) is 10.8 Å². The summed E-state index contributed by atoms with van der Waals surface area (Å²) in [4.78, 5) is 22.6. The summed E-state index contributed by atoms with van der Waals surface area (Å²) < 4.78 is 71.6. The quantitative estimate of drug-likeness (QED) is 0.241. The SMILES string of the molecule is O=C(NC(F)(F)c1ccc(F)c(F)c1F)OCc1ccc(C(=O)NO)cc1. The van der Waals surface area contributed by atoms with E-state index in [0.29, 0.717) is 17.7 Å². The highest BCUT2D eigenvalue weighted by Gasteiger charge is 2.38. The molecule has 0 aliphatic rings. The van der Waals surface area contributed by atoms with Gasteiger partial charge in [0.1, 0.15) is 6.61 Å². The number of halogens is 5. The van der Waals surface area contributed by atoms with E-state index in [2.05, 4.69) is 4.74 Å². The molecule has 11 heteroatoms. The number of hydrogen-bond donors (Lipinski definition) is 3. The van der Waals surface area contributed by atoms with Crippen LogP contribution in [-0.2, 0) is 17.4 Å². The molecular formula is C16H11F5N2O4. The molecule has 0 radical (unpaired) electrons. The lowest BCUT2D eigenvalue weighted by atomic mass is 10.1. The van der Waals surface area contributed by atoms with Gasteiger partial charge in [0.05, 0.1) is 5.56 Å². The van der Waals surface area contributed by atoms with Crippen molar-refractivity contribution in [2.45, 2.75) is 12.7 Å². The number of ether oxygens (including phenoxy) is 1. The van der Waals surface area contributed by atoms with Gasteiger partial charge in [0, 0.05) is 5.56 Å². The summed E-state index contributed by atoms with van der Waals surface area (Å²) in [5, 5.41) is 9.52. The van der Waals surface area contributed by atoms with Crippen molar-refractivity contribution in [2.75, 3.05) is 0 Å². The van der Waals surface area contributed by atoms with Crippen LogP contribution in [0.25, 0.3) is 0 Å². The number of hydrogen-bond acceptors (Lipinski definition) is 4. The molecule has 0 heterocycles. The number of nitrogens with one attached hydrogen (secondary N) is 2. The van der Waals surface area contributed by atoms with Gasteiger partial charge in [0.15, 0.2) is 17.5 Å². The highest BCUT2D eigenvalue weighted by Crippen LogP contribution is 2.29.